The predicted molar refractivity (Wildman–Crippen MR) is 96.7 cm³/mol. The van der Waals surface area contributed by atoms with Crippen molar-refractivity contribution >= 4 is 29.8 Å². The average Bonchev–Trinajstić information content (AvgIpc) is 2.59. The van der Waals surface area contributed by atoms with E-state index < -0.39 is 25.0 Å². The maximum atomic E-state index is 10.7. The van der Waals surface area contributed by atoms with Gasteiger partial charge in [0.2, 0.25) is 0 Å². The zero-order chi connectivity index (χ0) is 18.9. The Kier molecular flexibility index (Phi) is 6.99. The number of hydrogen-bond donors (Lipinski definition) is 2. The van der Waals surface area contributed by atoms with Gasteiger partial charge in [-0.3, -0.25) is 14.6 Å². The van der Waals surface area contributed by atoms with Crippen molar-refractivity contribution in [2.24, 2.45) is 5.10 Å². The first-order valence-corrected chi connectivity index (χ1v) is 8.00. The molecule has 2 rings (SSSR count). The quantitative estimate of drug-likeness (QED) is 0.515. The largest absolute Gasteiger partial charge is 0.487 e. The van der Waals surface area contributed by atoms with Crippen molar-refractivity contribution in [1.29, 1.82) is 0 Å². The second-order valence-corrected chi connectivity index (χ2v) is 5.73. The highest BCUT2D eigenvalue weighted by molar-refractivity contribution is 6.32. The Bertz CT molecular complexity index is 779. The van der Waals surface area contributed by atoms with E-state index in [1.807, 2.05) is 30.3 Å². The molecule has 0 bridgehead atoms. The minimum Gasteiger partial charge on any atom is -0.487 e. The van der Waals surface area contributed by atoms with Gasteiger partial charge < -0.3 is 14.9 Å². The number of hydrogen-bond acceptors (Lipinski definition) is 5. The van der Waals surface area contributed by atoms with E-state index in [1.54, 1.807) is 18.2 Å². The molecule has 0 aliphatic heterocycles. The number of carboxylic acids is 2. The topological polar surface area (TPSA) is 99.4 Å². The van der Waals surface area contributed by atoms with E-state index in [2.05, 4.69) is 5.10 Å². The summed E-state index contributed by atoms with van der Waals surface area (Å²) >= 11 is 6.19. The molecule has 0 radical (unpaired) electrons. The summed E-state index contributed by atoms with van der Waals surface area (Å²) in [5.41, 5.74) is 1.59. The molecule has 0 heterocycles. The lowest BCUT2D eigenvalue weighted by molar-refractivity contribution is -0.141. The molecule has 2 aromatic carbocycles. The zero-order valence-corrected chi connectivity index (χ0v) is 14.5. The summed E-state index contributed by atoms with van der Waals surface area (Å²) in [4.78, 5) is 21.5. The molecule has 0 unspecified atom stereocenters. The van der Waals surface area contributed by atoms with Gasteiger partial charge in [0, 0.05) is 0 Å². The highest BCUT2D eigenvalue weighted by Crippen LogP contribution is 2.25. The number of nitrogens with zero attached hydrogens (tertiary/aromatic N) is 2. The first-order valence-electron chi connectivity index (χ1n) is 7.63. The van der Waals surface area contributed by atoms with Gasteiger partial charge in [0.1, 0.15) is 25.4 Å². The van der Waals surface area contributed by atoms with E-state index in [4.69, 9.17) is 26.6 Å². The fourth-order valence-electron chi connectivity index (χ4n) is 2.05. The summed E-state index contributed by atoms with van der Waals surface area (Å²) in [6.45, 7) is -0.664. The van der Waals surface area contributed by atoms with Crippen LogP contribution in [-0.4, -0.2) is 46.5 Å². The molecule has 0 amide bonds. The molecule has 2 N–H and O–H groups in total. The van der Waals surface area contributed by atoms with Gasteiger partial charge in [0.05, 0.1) is 11.2 Å². The minimum absolute atomic E-state index is 0.368. The molecule has 0 atom stereocenters. The molecule has 0 spiro atoms. The van der Waals surface area contributed by atoms with Gasteiger partial charge in [-0.15, -0.1) is 0 Å². The molecular formula is C18H17ClN2O5. The molecule has 136 valence electrons. The summed E-state index contributed by atoms with van der Waals surface area (Å²) in [6.07, 6.45) is 1.35. The zero-order valence-electron chi connectivity index (χ0n) is 13.7. The normalized spacial score (nSPS) is 10.7. The SMILES string of the molecule is O=C(O)CN(CC(=O)O)/N=C\c1ccc(OCc2ccccc2)c(Cl)c1. The first-order chi connectivity index (χ1) is 12.4. The van der Waals surface area contributed by atoms with Crippen LogP contribution in [0.15, 0.2) is 53.6 Å². The molecule has 0 saturated heterocycles. The van der Waals surface area contributed by atoms with E-state index in [-0.39, 0.29) is 0 Å². The summed E-state index contributed by atoms with van der Waals surface area (Å²) in [5, 5.41) is 22.7. The minimum atomic E-state index is -1.17. The molecule has 0 fully saturated rings. The molecule has 7 nitrogen and oxygen atoms in total. The summed E-state index contributed by atoms with van der Waals surface area (Å²) in [7, 11) is 0. The maximum Gasteiger partial charge on any atom is 0.324 e. The van der Waals surface area contributed by atoms with E-state index in [0.717, 1.165) is 10.6 Å². The Balaban J connectivity index is 2.02. The van der Waals surface area contributed by atoms with E-state index in [0.29, 0.717) is 22.9 Å². The molecule has 0 aliphatic rings. The van der Waals surface area contributed by atoms with Crippen molar-refractivity contribution < 1.29 is 24.5 Å². The third-order valence-corrected chi connectivity index (χ3v) is 3.49. The number of halogens is 1. The van der Waals surface area contributed by atoms with Crippen molar-refractivity contribution in [3.8, 4) is 5.75 Å². The van der Waals surface area contributed by atoms with Crippen LogP contribution >= 0.6 is 11.6 Å². The number of carbonyl (C=O) groups is 2. The average molecular weight is 377 g/mol. The second-order valence-electron chi connectivity index (χ2n) is 5.32. The van der Waals surface area contributed by atoms with Crippen molar-refractivity contribution in [3.05, 3.63) is 64.7 Å². The molecule has 0 aliphatic carbocycles. The van der Waals surface area contributed by atoms with Crippen LogP contribution in [0, 0.1) is 0 Å². The lowest BCUT2D eigenvalue weighted by Crippen LogP contribution is -2.30. The molecular weight excluding hydrogens is 360 g/mol. The van der Waals surface area contributed by atoms with Crippen molar-refractivity contribution in [1.82, 2.24) is 5.01 Å². The van der Waals surface area contributed by atoms with Gasteiger partial charge in [-0.25, -0.2) is 0 Å². The highest BCUT2D eigenvalue weighted by Gasteiger charge is 2.10. The number of benzene rings is 2. The predicted octanol–water partition coefficient (Wildman–Crippen LogP) is 2.72. The summed E-state index contributed by atoms with van der Waals surface area (Å²) < 4.78 is 5.67. The van der Waals surface area contributed by atoms with Gasteiger partial charge in [-0.1, -0.05) is 41.9 Å². The Morgan fingerprint density at radius 2 is 1.73 bits per heavy atom. The van der Waals surface area contributed by atoms with E-state index in [9.17, 15) is 9.59 Å². The standard InChI is InChI=1S/C18H17ClN2O5/c19-15-8-14(9-20-21(10-17(22)23)11-18(24)25)6-7-16(15)26-12-13-4-2-1-3-5-13/h1-9H,10-12H2,(H,22,23)(H,24,25)/b20-9-. The Hall–Kier alpha value is -3.06. The molecule has 26 heavy (non-hydrogen) atoms. The number of ether oxygens (including phenoxy) is 1. The van der Waals surface area contributed by atoms with Crippen molar-refractivity contribution in [2.75, 3.05) is 13.1 Å². The van der Waals surface area contributed by atoms with E-state index in [1.165, 1.54) is 6.21 Å². The number of hydrazone groups is 1. The Morgan fingerprint density at radius 3 is 2.31 bits per heavy atom. The lowest BCUT2D eigenvalue weighted by atomic mass is 10.2. The number of carboxylic acid groups (broad SMARTS) is 2. The van der Waals surface area contributed by atoms with E-state index >= 15 is 0 Å². The van der Waals surface area contributed by atoms with Gasteiger partial charge in [0.15, 0.2) is 0 Å². The van der Waals surface area contributed by atoms with Crippen LogP contribution in [-0.2, 0) is 16.2 Å². The third-order valence-electron chi connectivity index (χ3n) is 3.20. The fraction of sp³-hybridized carbons (Fsp3) is 0.167. The molecule has 2 aromatic rings. The van der Waals surface area contributed by atoms with Gasteiger partial charge in [-0.2, -0.15) is 5.10 Å². The van der Waals surface area contributed by atoms with Gasteiger partial charge in [-0.05, 0) is 29.3 Å². The fourth-order valence-corrected chi connectivity index (χ4v) is 2.29. The number of rotatable bonds is 9. The smallest absolute Gasteiger partial charge is 0.324 e. The van der Waals surface area contributed by atoms with Crippen LogP contribution in [0.25, 0.3) is 0 Å². The van der Waals surface area contributed by atoms with Gasteiger partial charge >= 0.3 is 11.9 Å². The third kappa shape index (κ3) is 6.45. The maximum absolute atomic E-state index is 10.7. The van der Waals surface area contributed by atoms with Gasteiger partial charge in [0.25, 0.3) is 0 Å². The van der Waals surface area contributed by atoms with Crippen LogP contribution in [0.1, 0.15) is 11.1 Å². The first kappa shape index (κ1) is 19.3. The molecule has 0 saturated carbocycles. The van der Waals surface area contributed by atoms with Crippen molar-refractivity contribution in [3.63, 3.8) is 0 Å². The van der Waals surface area contributed by atoms with Crippen LogP contribution in [0.4, 0.5) is 0 Å². The summed E-state index contributed by atoms with van der Waals surface area (Å²) in [5.74, 6) is -1.85. The molecule has 0 aromatic heterocycles. The van der Waals surface area contributed by atoms with Crippen LogP contribution < -0.4 is 4.74 Å². The lowest BCUT2D eigenvalue weighted by Gasteiger charge is -2.13. The molecule has 8 heteroatoms. The Morgan fingerprint density at radius 1 is 1.08 bits per heavy atom. The second kappa shape index (κ2) is 9.43. The monoisotopic (exact) mass is 376 g/mol. The van der Waals surface area contributed by atoms with Crippen LogP contribution in [0.3, 0.4) is 0 Å². The van der Waals surface area contributed by atoms with Crippen LogP contribution in [0.5, 0.6) is 5.75 Å². The Labute approximate surface area is 155 Å². The highest BCUT2D eigenvalue weighted by atomic mass is 35.5. The van der Waals surface area contributed by atoms with Crippen LogP contribution in [0.2, 0.25) is 5.02 Å². The number of aliphatic carboxylic acids is 2. The van der Waals surface area contributed by atoms with Crippen molar-refractivity contribution in [2.45, 2.75) is 6.61 Å². The summed E-state index contributed by atoms with van der Waals surface area (Å²) in [6, 6.07) is 14.6.